The quantitative estimate of drug-likeness (QED) is 0.895. The number of sulfonamides is 1. The molecular weight excluding hydrogens is 286 g/mol. The molecular formula is C16H23NO3S. The van der Waals surface area contributed by atoms with Crippen LogP contribution in [-0.4, -0.2) is 25.7 Å². The van der Waals surface area contributed by atoms with Gasteiger partial charge in [0, 0.05) is 0 Å². The number of aliphatic hydroxyl groups excluding tert-OH is 1. The second kappa shape index (κ2) is 5.71. The lowest BCUT2D eigenvalue weighted by atomic mass is 9.83. The van der Waals surface area contributed by atoms with Crippen molar-refractivity contribution in [3.63, 3.8) is 0 Å². The van der Waals surface area contributed by atoms with Crippen LogP contribution in [0.25, 0.3) is 0 Å². The zero-order valence-corrected chi connectivity index (χ0v) is 13.1. The monoisotopic (exact) mass is 309 g/mol. The summed E-state index contributed by atoms with van der Waals surface area (Å²) < 4.78 is 28.1. The molecule has 2 aliphatic carbocycles. The van der Waals surface area contributed by atoms with Crippen molar-refractivity contribution in [2.24, 2.45) is 0 Å². The van der Waals surface area contributed by atoms with E-state index < -0.39 is 15.6 Å². The third-order valence-corrected chi connectivity index (χ3v) is 6.42. The van der Waals surface area contributed by atoms with E-state index in [1.54, 1.807) is 12.1 Å². The van der Waals surface area contributed by atoms with Gasteiger partial charge in [-0.05, 0) is 55.4 Å². The molecule has 0 amide bonds. The summed E-state index contributed by atoms with van der Waals surface area (Å²) in [4.78, 5) is 0.335. The first kappa shape index (κ1) is 15.0. The highest BCUT2D eigenvalue weighted by Crippen LogP contribution is 2.30. The molecule has 3 rings (SSSR count). The molecule has 1 saturated carbocycles. The maximum Gasteiger partial charge on any atom is 0.241 e. The van der Waals surface area contributed by atoms with Crippen LogP contribution in [0.3, 0.4) is 0 Å². The number of nitrogens with one attached hydrogen (secondary N) is 1. The molecule has 0 saturated heterocycles. The molecule has 116 valence electrons. The first-order chi connectivity index (χ1) is 10.0. The molecule has 1 aromatic rings. The van der Waals surface area contributed by atoms with Gasteiger partial charge in [-0.3, -0.25) is 0 Å². The summed E-state index contributed by atoms with van der Waals surface area (Å²) >= 11 is 0. The first-order valence-corrected chi connectivity index (χ1v) is 9.30. The van der Waals surface area contributed by atoms with Crippen molar-refractivity contribution in [1.29, 1.82) is 0 Å². The lowest BCUT2D eigenvalue weighted by Gasteiger charge is -2.36. The van der Waals surface area contributed by atoms with Crippen LogP contribution in [0.1, 0.15) is 49.7 Å². The molecule has 1 fully saturated rings. The number of aliphatic hydroxyl groups is 1. The molecule has 2 aliphatic rings. The van der Waals surface area contributed by atoms with E-state index >= 15 is 0 Å². The molecule has 5 heteroatoms. The SMILES string of the molecule is O=S(=O)(NC1(CO)CCCCC1)c1ccc2c(c1)CCC2. The average Bonchev–Trinajstić information content (AvgIpc) is 2.95. The molecule has 0 unspecified atom stereocenters. The van der Waals surface area contributed by atoms with Crippen LogP contribution in [0.5, 0.6) is 0 Å². The maximum atomic E-state index is 12.6. The van der Waals surface area contributed by atoms with Gasteiger partial charge in [0.15, 0.2) is 0 Å². The largest absolute Gasteiger partial charge is 0.394 e. The third kappa shape index (κ3) is 3.00. The molecule has 1 aromatic carbocycles. The molecule has 4 nitrogen and oxygen atoms in total. The normalized spacial score (nSPS) is 21.2. The van der Waals surface area contributed by atoms with E-state index in [1.807, 2.05) is 6.07 Å². The summed E-state index contributed by atoms with van der Waals surface area (Å²) in [6.07, 6.45) is 7.59. The Bertz CT molecular complexity index is 618. The van der Waals surface area contributed by atoms with Crippen molar-refractivity contribution in [1.82, 2.24) is 4.72 Å². The summed E-state index contributed by atoms with van der Waals surface area (Å²) in [7, 11) is -3.56. The minimum Gasteiger partial charge on any atom is -0.394 e. The smallest absolute Gasteiger partial charge is 0.241 e. The van der Waals surface area contributed by atoms with E-state index in [0.29, 0.717) is 17.7 Å². The van der Waals surface area contributed by atoms with Gasteiger partial charge in [-0.25, -0.2) is 13.1 Å². The number of rotatable bonds is 4. The highest BCUT2D eigenvalue weighted by atomic mass is 32.2. The highest BCUT2D eigenvalue weighted by molar-refractivity contribution is 7.89. The molecule has 0 aliphatic heterocycles. The molecule has 0 heterocycles. The summed E-state index contributed by atoms with van der Waals surface area (Å²) in [5.41, 5.74) is 1.75. The van der Waals surface area contributed by atoms with Crippen LogP contribution < -0.4 is 4.72 Å². The number of hydrogen-bond acceptors (Lipinski definition) is 3. The van der Waals surface area contributed by atoms with E-state index in [4.69, 9.17) is 0 Å². The molecule has 21 heavy (non-hydrogen) atoms. The van der Waals surface area contributed by atoms with Crippen LogP contribution in [-0.2, 0) is 22.9 Å². The summed E-state index contributed by atoms with van der Waals surface area (Å²) in [6, 6.07) is 5.43. The average molecular weight is 309 g/mol. The number of aryl methyl sites for hydroxylation is 2. The van der Waals surface area contributed by atoms with E-state index in [9.17, 15) is 13.5 Å². The first-order valence-electron chi connectivity index (χ1n) is 7.81. The highest BCUT2D eigenvalue weighted by Gasteiger charge is 2.36. The molecule has 2 N–H and O–H groups in total. The Hall–Kier alpha value is -0.910. The second-order valence-corrected chi connectivity index (χ2v) is 8.07. The van der Waals surface area contributed by atoms with Crippen LogP contribution in [0.15, 0.2) is 23.1 Å². The predicted molar refractivity (Wildman–Crippen MR) is 81.7 cm³/mol. The van der Waals surface area contributed by atoms with Gasteiger partial charge >= 0.3 is 0 Å². The fourth-order valence-corrected chi connectivity index (χ4v) is 5.08. The van der Waals surface area contributed by atoms with Gasteiger partial charge in [0.05, 0.1) is 17.0 Å². The van der Waals surface area contributed by atoms with Gasteiger partial charge in [-0.2, -0.15) is 0 Å². The lowest BCUT2D eigenvalue weighted by Crippen LogP contribution is -2.52. The fraction of sp³-hybridized carbons (Fsp3) is 0.625. The van der Waals surface area contributed by atoms with Crippen LogP contribution >= 0.6 is 0 Å². The maximum absolute atomic E-state index is 12.6. The van der Waals surface area contributed by atoms with E-state index in [-0.39, 0.29) is 6.61 Å². The minimum atomic E-state index is -3.56. The summed E-state index contributed by atoms with van der Waals surface area (Å²) in [6.45, 7) is -0.128. The fourth-order valence-electron chi connectivity index (χ4n) is 3.58. The van der Waals surface area contributed by atoms with E-state index in [2.05, 4.69) is 4.72 Å². The van der Waals surface area contributed by atoms with Gasteiger partial charge < -0.3 is 5.11 Å². The molecule has 0 bridgehead atoms. The zero-order chi connectivity index (χ0) is 14.9. The predicted octanol–water partition coefficient (Wildman–Crippen LogP) is 2.15. The van der Waals surface area contributed by atoms with Gasteiger partial charge in [-0.15, -0.1) is 0 Å². The second-order valence-electron chi connectivity index (χ2n) is 6.39. The van der Waals surface area contributed by atoms with Crippen molar-refractivity contribution >= 4 is 10.0 Å². The number of fused-ring (bicyclic) bond motifs is 1. The van der Waals surface area contributed by atoms with Crippen LogP contribution in [0.2, 0.25) is 0 Å². The molecule has 0 radical (unpaired) electrons. The Morgan fingerprint density at radius 3 is 2.48 bits per heavy atom. The van der Waals surface area contributed by atoms with Crippen molar-refractivity contribution in [3.8, 4) is 0 Å². The Morgan fingerprint density at radius 1 is 1.05 bits per heavy atom. The topological polar surface area (TPSA) is 66.4 Å². The Labute approximate surface area is 126 Å². The molecule has 0 spiro atoms. The van der Waals surface area contributed by atoms with Gasteiger partial charge in [0.1, 0.15) is 0 Å². The Kier molecular flexibility index (Phi) is 4.08. The molecule has 0 aromatic heterocycles. The van der Waals surface area contributed by atoms with Crippen molar-refractivity contribution in [2.45, 2.75) is 61.8 Å². The lowest BCUT2D eigenvalue weighted by molar-refractivity contribution is 0.142. The van der Waals surface area contributed by atoms with Crippen molar-refractivity contribution < 1.29 is 13.5 Å². The zero-order valence-electron chi connectivity index (χ0n) is 12.3. The van der Waals surface area contributed by atoms with E-state index in [1.165, 1.54) is 5.56 Å². The van der Waals surface area contributed by atoms with Crippen LogP contribution in [0.4, 0.5) is 0 Å². The van der Waals surface area contributed by atoms with Gasteiger partial charge in [0.2, 0.25) is 10.0 Å². The van der Waals surface area contributed by atoms with E-state index in [0.717, 1.165) is 44.1 Å². The third-order valence-electron chi connectivity index (χ3n) is 4.84. The molecule has 0 atom stereocenters. The Morgan fingerprint density at radius 2 is 1.76 bits per heavy atom. The van der Waals surface area contributed by atoms with Crippen molar-refractivity contribution in [3.05, 3.63) is 29.3 Å². The standard InChI is InChI=1S/C16H23NO3S/c18-12-16(9-2-1-3-10-16)17-21(19,20)15-8-7-13-5-4-6-14(13)11-15/h7-8,11,17-18H,1-6,9-10,12H2. The summed E-state index contributed by atoms with van der Waals surface area (Å²) in [5, 5.41) is 9.68. The Balaban J connectivity index is 1.86. The van der Waals surface area contributed by atoms with Gasteiger partial charge in [0.25, 0.3) is 0 Å². The number of benzene rings is 1. The van der Waals surface area contributed by atoms with Gasteiger partial charge in [-0.1, -0.05) is 25.3 Å². The van der Waals surface area contributed by atoms with Crippen molar-refractivity contribution in [2.75, 3.05) is 6.61 Å². The minimum absolute atomic E-state index is 0.128. The number of hydrogen-bond donors (Lipinski definition) is 2. The summed E-state index contributed by atoms with van der Waals surface area (Å²) in [5.74, 6) is 0. The van der Waals surface area contributed by atoms with Crippen LogP contribution in [0, 0.1) is 0 Å².